The largest absolute Gasteiger partial charge is 0.326 e. The molecule has 6 heteroatoms. The van der Waals surface area contributed by atoms with Gasteiger partial charge in [0.1, 0.15) is 6.42 Å². The van der Waals surface area contributed by atoms with Crippen LogP contribution in [0, 0.1) is 0 Å². The third-order valence-electron chi connectivity index (χ3n) is 3.38. The third kappa shape index (κ3) is 4.98. The van der Waals surface area contributed by atoms with Crippen LogP contribution in [0.2, 0.25) is 10.0 Å². The molecule has 0 aromatic heterocycles. The van der Waals surface area contributed by atoms with Crippen LogP contribution in [0.15, 0.2) is 42.5 Å². The lowest BCUT2D eigenvalue weighted by Crippen LogP contribution is -2.22. The number of hydrogen-bond acceptors (Lipinski definition) is 2. The van der Waals surface area contributed by atoms with Crippen LogP contribution < -0.4 is 10.6 Å². The number of amides is 2. The highest BCUT2D eigenvalue weighted by Gasteiger charge is 2.13. The Morgan fingerprint density at radius 1 is 0.958 bits per heavy atom. The molecule has 0 aliphatic carbocycles. The van der Waals surface area contributed by atoms with E-state index in [1.54, 1.807) is 12.1 Å². The second-order valence-electron chi connectivity index (χ2n) is 5.64. The maximum atomic E-state index is 12.1. The molecule has 0 spiro atoms. The average molecular weight is 365 g/mol. The number of rotatable bonds is 5. The Balaban J connectivity index is 1.97. The van der Waals surface area contributed by atoms with Crippen LogP contribution in [-0.4, -0.2) is 11.8 Å². The second kappa shape index (κ2) is 8.18. The smallest absolute Gasteiger partial charge is 0.233 e. The van der Waals surface area contributed by atoms with E-state index in [4.69, 9.17) is 23.2 Å². The minimum Gasteiger partial charge on any atom is -0.326 e. The normalized spacial score (nSPS) is 10.5. The summed E-state index contributed by atoms with van der Waals surface area (Å²) < 4.78 is 0. The average Bonchev–Trinajstić information content (AvgIpc) is 2.51. The maximum Gasteiger partial charge on any atom is 0.233 e. The van der Waals surface area contributed by atoms with Gasteiger partial charge < -0.3 is 10.6 Å². The van der Waals surface area contributed by atoms with E-state index in [1.807, 2.05) is 38.1 Å². The summed E-state index contributed by atoms with van der Waals surface area (Å²) in [6.45, 7) is 4.09. The number of carbonyl (C=O) groups is 2. The molecule has 0 saturated carbocycles. The predicted octanol–water partition coefficient (Wildman–Crippen LogP) is 5.08. The van der Waals surface area contributed by atoms with Gasteiger partial charge in [-0.2, -0.15) is 0 Å². The quantitative estimate of drug-likeness (QED) is 0.726. The lowest BCUT2D eigenvalue weighted by atomic mass is 10.0. The molecule has 0 fully saturated rings. The van der Waals surface area contributed by atoms with Gasteiger partial charge in [0.25, 0.3) is 0 Å². The van der Waals surface area contributed by atoms with E-state index in [9.17, 15) is 9.59 Å². The summed E-state index contributed by atoms with van der Waals surface area (Å²) in [5.74, 6) is -0.528. The zero-order valence-corrected chi connectivity index (χ0v) is 14.9. The number of hydrogen-bond donors (Lipinski definition) is 2. The van der Waals surface area contributed by atoms with E-state index in [2.05, 4.69) is 10.6 Å². The fraction of sp³-hybridized carbons (Fsp3) is 0.222. The Morgan fingerprint density at radius 2 is 1.62 bits per heavy atom. The molecular formula is C18H18Cl2N2O2. The van der Waals surface area contributed by atoms with Gasteiger partial charge in [-0.15, -0.1) is 0 Å². The van der Waals surface area contributed by atoms with Crippen LogP contribution in [0.5, 0.6) is 0 Å². The SMILES string of the molecule is CC(C)c1ccccc1NC(=O)CC(=O)Nc1ccc(Cl)c(Cl)c1. The topological polar surface area (TPSA) is 58.2 Å². The molecule has 4 nitrogen and oxygen atoms in total. The van der Waals surface area contributed by atoms with Crippen LogP contribution in [-0.2, 0) is 9.59 Å². The van der Waals surface area contributed by atoms with Crippen molar-refractivity contribution in [3.8, 4) is 0 Å². The van der Waals surface area contributed by atoms with Gasteiger partial charge in [-0.1, -0.05) is 55.2 Å². The Labute approximate surface area is 151 Å². The van der Waals surface area contributed by atoms with Crippen molar-refractivity contribution in [2.24, 2.45) is 0 Å². The first-order chi connectivity index (χ1) is 11.4. The van der Waals surface area contributed by atoms with Crippen molar-refractivity contribution in [1.82, 2.24) is 0 Å². The molecule has 0 bridgehead atoms. The monoisotopic (exact) mass is 364 g/mol. The molecule has 0 radical (unpaired) electrons. The summed E-state index contributed by atoms with van der Waals surface area (Å²) in [6, 6.07) is 12.3. The molecule has 0 heterocycles. The Hall–Kier alpha value is -2.04. The summed E-state index contributed by atoms with van der Waals surface area (Å²) in [4.78, 5) is 24.1. The summed E-state index contributed by atoms with van der Waals surface area (Å²) >= 11 is 11.7. The lowest BCUT2D eigenvalue weighted by molar-refractivity contribution is -0.123. The minimum atomic E-state index is -0.423. The second-order valence-corrected chi connectivity index (χ2v) is 6.46. The zero-order chi connectivity index (χ0) is 17.7. The van der Waals surface area contributed by atoms with Crippen molar-refractivity contribution in [2.75, 3.05) is 10.6 Å². The highest BCUT2D eigenvalue weighted by atomic mass is 35.5. The molecule has 126 valence electrons. The molecule has 24 heavy (non-hydrogen) atoms. The zero-order valence-electron chi connectivity index (χ0n) is 13.4. The molecule has 0 atom stereocenters. The van der Waals surface area contributed by atoms with Gasteiger partial charge in [0.15, 0.2) is 0 Å². The van der Waals surface area contributed by atoms with Crippen molar-refractivity contribution < 1.29 is 9.59 Å². The molecular weight excluding hydrogens is 347 g/mol. The van der Waals surface area contributed by atoms with E-state index in [0.29, 0.717) is 15.7 Å². The van der Waals surface area contributed by atoms with Crippen LogP contribution in [0.25, 0.3) is 0 Å². The fourth-order valence-electron chi connectivity index (χ4n) is 2.23. The number of para-hydroxylation sites is 1. The Bertz CT molecular complexity index is 760. The van der Waals surface area contributed by atoms with Gasteiger partial charge >= 0.3 is 0 Å². The number of halogens is 2. The number of nitrogens with one attached hydrogen (secondary N) is 2. The molecule has 2 amide bonds. The van der Waals surface area contributed by atoms with E-state index >= 15 is 0 Å². The van der Waals surface area contributed by atoms with Crippen LogP contribution in [0.4, 0.5) is 11.4 Å². The summed E-state index contributed by atoms with van der Waals surface area (Å²) in [6.07, 6.45) is -0.285. The van der Waals surface area contributed by atoms with Crippen molar-refractivity contribution >= 4 is 46.4 Å². The first-order valence-corrected chi connectivity index (χ1v) is 8.26. The molecule has 0 saturated heterocycles. The Morgan fingerprint density at radius 3 is 2.29 bits per heavy atom. The molecule has 2 N–H and O–H groups in total. The lowest BCUT2D eigenvalue weighted by Gasteiger charge is -2.13. The molecule has 0 unspecified atom stereocenters. The maximum absolute atomic E-state index is 12.1. The van der Waals surface area contributed by atoms with Crippen molar-refractivity contribution in [3.05, 3.63) is 58.1 Å². The fourth-order valence-corrected chi connectivity index (χ4v) is 2.53. The van der Waals surface area contributed by atoms with Crippen molar-refractivity contribution in [3.63, 3.8) is 0 Å². The van der Waals surface area contributed by atoms with Crippen molar-refractivity contribution in [2.45, 2.75) is 26.2 Å². The van der Waals surface area contributed by atoms with Gasteiger partial charge in [-0.25, -0.2) is 0 Å². The highest BCUT2D eigenvalue weighted by Crippen LogP contribution is 2.25. The number of anilines is 2. The first kappa shape index (κ1) is 18.3. The minimum absolute atomic E-state index is 0.270. The summed E-state index contributed by atoms with van der Waals surface area (Å²) in [7, 11) is 0. The summed E-state index contributed by atoms with van der Waals surface area (Å²) in [5, 5.41) is 6.14. The first-order valence-electron chi connectivity index (χ1n) is 7.50. The number of benzene rings is 2. The van der Waals surface area contributed by atoms with Crippen molar-refractivity contribution in [1.29, 1.82) is 0 Å². The van der Waals surface area contributed by atoms with Crippen LogP contribution >= 0.6 is 23.2 Å². The Kier molecular flexibility index (Phi) is 6.23. The van der Waals surface area contributed by atoms with E-state index < -0.39 is 5.91 Å². The van der Waals surface area contributed by atoms with E-state index in [0.717, 1.165) is 11.3 Å². The molecule has 2 aromatic rings. The predicted molar refractivity (Wildman–Crippen MR) is 98.9 cm³/mol. The van der Waals surface area contributed by atoms with Gasteiger partial charge in [0.05, 0.1) is 10.0 Å². The van der Waals surface area contributed by atoms with Gasteiger partial charge in [-0.3, -0.25) is 9.59 Å². The molecule has 0 aliphatic rings. The van der Waals surface area contributed by atoms with Gasteiger partial charge in [0.2, 0.25) is 11.8 Å². The molecule has 0 aliphatic heterocycles. The standard InChI is InChI=1S/C18H18Cl2N2O2/c1-11(2)13-5-3-4-6-16(13)22-18(24)10-17(23)21-12-7-8-14(19)15(20)9-12/h3-9,11H,10H2,1-2H3,(H,21,23)(H,22,24). The van der Waals surface area contributed by atoms with Crippen LogP contribution in [0.3, 0.4) is 0 Å². The highest BCUT2D eigenvalue weighted by molar-refractivity contribution is 6.42. The van der Waals surface area contributed by atoms with E-state index in [-0.39, 0.29) is 18.2 Å². The summed E-state index contributed by atoms with van der Waals surface area (Å²) in [5.41, 5.74) is 2.24. The third-order valence-corrected chi connectivity index (χ3v) is 4.12. The number of carbonyl (C=O) groups excluding carboxylic acids is 2. The van der Waals surface area contributed by atoms with Gasteiger partial charge in [0, 0.05) is 11.4 Å². The molecule has 2 aromatic carbocycles. The molecule has 2 rings (SSSR count). The van der Waals surface area contributed by atoms with Gasteiger partial charge in [-0.05, 0) is 35.7 Å². The van der Waals surface area contributed by atoms with Crippen LogP contribution in [0.1, 0.15) is 31.7 Å². The van der Waals surface area contributed by atoms with E-state index in [1.165, 1.54) is 6.07 Å².